The molecule has 0 atom stereocenters. The van der Waals surface area contributed by atoms with E-state index in [9.17, 15) is 4.79 Å². The first kappa shape index (κ1) is 14.6. The number of anilines is 1. The van der Waals surface area contributed by atoms with Crippen molar-refractivity contribution in [3.63, 3.8) is 0 Å². The number of ketones is 1. The van der Waals surface area contributed by atoms with E-state index in [-0.39, 0.29) is 11.8 Å². The average Bonchev–Trinajstić information content (AvgIpc) is 2.81. The number of hydrogen-bond donors (Lipinski definition) is 1. The predicted octanol–water partition coefficient (Wildman–Crippen LogP) is 3.05. The van der Waals surface area contributed by atoms with Crippen LogP contribution in [0.4, 0.5) is 5.69 Å². The second kappa shape index (κ2) is 5.66. The maximum atomic E-state index is 12.7. The summed E-state index contributed by atoms with van der Waals surface area (Å²) >= 11 is 3.33. The third-order valence-corrected chi connectivity index (χ3v) is 3.44. The van der Waals surface area contributed by atoms with Crippen molar-refractivity contribution in [2.45, 2.75) is 19.9 Å². The molecule has 0 saturated carbocycles. The summed E-state index contributed by atoms with van der Waals surface area (Å²) in [5.41, 5.74) is 7.20. The Morgan fingerprint density at radius 1 is 1.45 bits per heavy atom. The van der Waals surface area contributed by atoms with Gasteiger partial charge >= 0.3 is 0 Å². The molecule has 1 heterocycles. The van der Waals surface area contributed by atoms with E-state index in [4.69, 9.17) is 10.5 Å². The Labute approximate surface area is 125 Å². The Morgan fingerprint density at radius 3 is 2.70 bits per heavy atom. The Kier molecular flexibility index (Phi) is 4.13. The lowest BCUT2D eigenvalue weighted by Crippen LogP contribution is -2.15. The van der Waals surface area contributed by atoms with E-state index in [0.717, 1.165) is 4.47 Å². The number of halogens is 1. The quantitative estimate of drug-likeness (QED) is 0.687. The topological polar surface area (TPSA) is 70.1 Å². The molecule has 0 aliphatic heterocycles. The van der Waals surface area contributed by atoms with Crippen LogP contribution in [0.3, 0.4) is 0 Å². The second-order valence-corrected chi connectivity index (χ2v) is 5.58. The van der Waals surface area contributed by atoms with E-state index in [1.165, 1.54) is 7.11 Å². The summed E-state index contributed by atoms with van der Waals surface area (Å²) in [7, 11) is 1.52. The van der Waals surface area contributed by atoms with Crippen molar-refractivity contribution in [1.29, 1.82) is 0 Å². The second-order valence-electron chi connectivity index (χ2n) is 4.66. The van der Waals surface area contributed by atoms with E-state index < -0.39 is 0 Å². The number of carbonyl (C=O) groups excluding carboxylic acids is 1. The molecule has 0 radical (unpaired) electrons. The molecule has 2 rings (SSSR count). The minimum atomic E-state index is -0.196. The highest BCUT2D eigenvalue weighted by atomic mass is 79.9. The minimum absolute atomic E-state index is 0.0505. The number of rotatable bonds is 4. The van der Waals surface area contributed by atoms with Crippen LogP contribution in [0.15, 0.2) is 28.9 Å². The van der Waals surface area contributed by atoms with Crippen LogP contribution in [0.5, 0.6) is 5.75 Å². The van der Waals surface area contributed by atoms with Crippen molar-refractivity contribution in [1.82, 2.24) is 9.78 Å². The van der Waals surface area contributed by atoms with E-state index >= 15 is 0 Å². The average molecular weight is 338 g/mol. The van der Waals surface area contributed by atoms with Crippen molar-refractivity contribution in [2.24, 2.45) is 0 Å². The molecule has 1 aromatic carbocycles. The fraction of sp³-hybridized carbons (Fsp3) is 0.286. The van der Waals surface area contributed by atoms with Crippen LogP contribution >= 0.6 is 15.9 Å². The third-order valence-electron chi connectivity index (χ3n) is 2.94. The van der Waals surface area contributed by atoms with Crippen LogP contribution < -0.4 is 10.5 Å². The summed E-state index contributed by atoms with van der Waals surface area (Å²) in [4.78, 5) is 12.7. The largest absolute Gasteiger partial charge is 0.493 e. The van der Waals surface area contributed by atoms with Crippen molar-refractivity contribution in [3.8, 4) is 5.75 Å². The van der Waals surface area contributed by atoms with Gasteiger partial charge in [0, 0.05) is 21.8 Å². The van der Waals surface area contributed by atoms with E-state index in [1.807, 2.05) is 13.8 Å². The number of aromatic nitrogens is 2. The molecular weight excluding hydrogens is 322 g/mol. The summed E-state index contributed by atoms with van der Waals surface area (Å²) in [6, 6.07) is 5.23. The molecule has 0 spiro atoms. The molecule has 0 fully saturated rings. The fourth-order valence-electron chi connectivity index (χ4n) is 1.97. The molecule has 0 aliphatic rings. The number of nitrogens with two attached hydrogens (primary N) is 1. The number of benzene rings is 1. The zero-order valence-corrected chi connectivity index (χ0v) is 13.1. The van der Waals surface area contributed by atoms with Gasteiger partial charge in [-0.1, -0.05) is 15.9 Å². The molecule has 106 valence electrons. The fourth-order valence-corrected chi connectivity index (χ4v) is 2.35. The Hall–Kier alpha value is -1.82. The number of carbonyl (C=O) groups is 1. The van der Waals surface area contributed by atoms with Gasteiger partial charge in [-0.25, -0.2) is 0 Å². The Morgan fingerprint density at radius 2 is 2.15 bits per heavy atom. The summed E-state index contributed by atoms with van der Waals surface area (Å²) in [6.07, 6.45) is 1.54. The van der Waals surface area contributed by atoms with Gasteiger partial charge in [0.1, 0.15) is 0 Å². The maximum absolute atomic E-state index is 12.7. The number of methoxy groups -OCH3 is 1. The molecule has 0 aliphatic carbocycles. The summed E-state index contributed by atoms with van der Waals surface area (Å²) in [5.74, 6) is 0.254. The molecule has 0 bridgehead atoms. The van der Waals surface area contributed by atoms with Gasteiger partial charge in [-0.05, 0) is 32.0 Å². The number of hydrogen-bond acceptors (Lipinski definition) is 4. The molecule has 0 amide bonds. The zero-order chi connectivity index (χ0) is 14.9. The van der Waals surface area contributed by atoms with Crippen LogP contribution in [0, 0.1) is 0 Å². The van der Waals surface area contributed by atoms with Crippen molar-refractivity contribution >= 4 is 27.4 Å². The molecule has 1 aromatic heterocycles. The zero-order valence-electron chi connectivity index (χ0n) is 11.6. The first-order valence-electron chi connectivity index (χ1n) is 6.17. The van der Waals surface area contributed by atoms with Crippen LogP contribution in [-0.2, 0) is 0 Å². The van der Waals surface area contributed by atoms with Gasteiger partial charge in [0.2, 0.25) is 5.78 Å². The van der Waals surface area contributed by atoms with Crippen LogP contribution in [0.2, 0.25) is 0 Å². The highest BCUT2D eigenvalue weighted by molar-refractivity contribution is 9.10. The van der Waals surface area contributed by atoms with Crippen molar-refractivity contribution in [2.75, 3.05) is 12.8 Å². The van der Waals surface area contributed by atoms with Gasteiger partial charge in [0.15, 0.2) is 11.4 Å². The van der Waals surface area contributed by atoms with Crippen LogP contribution in [-0.4, -0.2) is 22.7 Å². The van der Waals surface area contributed by atoms with Crippen molar-refractivity contribution < 1.29 is 9.53 Å². The van der Waals surface area contributed by atoms with Crippen LogP contribution in [0.25, 0.3) is 0 Å². The molecule has 2 N–H and O–H groups in total. The van der Waals surface area contributed by atoms with Gasteiger partial charge in [0.25, 0.3) is 0 Å². The molecule has 5 nitrogen and oxygen atoms in total. The lowest BCUT2D eigenvalue weighted by atomic mass is 10.1. The van der Waals surface area contributed by atoms with Crippen molar-refractivity contribution in [3.05, 3.63) is 40.1 Å². The summed E-state index contributed by atoms with van der Waals surface area (Å²) in [5, 5.41) is 4.20. The monoisotopic (exact) mass is 337 g/mol. The van der Waals surface area contributed by atoms with Gasteiger partial charge in [-0.15, -0.1) is 0 Å². The number of ether oxygens (including phenoxy) is 1. The van der Waals surface area contributed by atoms with E-state index in [2.05, 4.69) is 21.0 Å². The van der Waals surface area contributed by atoms with Gasteiger partial charge in [0.05, 0.1) is 13.3 Å². The first-order valence-corrected chi connectivity index (χ1v) is 6.96. The lowest BCUT2D eigenvalue weighted by molar-refractivity contribution is 0.102. The molecule has 0 unspecified atom stereocenters. The van der Waals surface area contributed by atoms with Gasteiger partial charge in [-0.3, -0.25) is 9.48 Å². The summed E-state index contributed by atoms with van der Waals surface area (Å²) in [6.45, 7) is 3.91. The van der Waals surface area contributed by atoms with E-state index in [1.54, 1.807) is 29.1 Å². The molecule has 20 heavy (non-hydrogen) atoms. The van der Waals surface area contributed by atoms with Crippen LogP contribution in [0.1, 0.15) is 35.9 Å². The number of nitrogen functional groups attached to an aromatic ring is 1. The van der Waals surface area contributed by atoms with E-state index in [0.29, 0.717) is 22.7 Å². The van der Waals surface area contributed by atoms with Gasteiger partial charge < -0.3 is 10.5 Å². The lowest BCUT2D eigenvalue weighted by Gasteiger charge is -2.12. The third kappa shape index (κ3) is 2.56. The summed E-state index contributed by atoms with van der Waals surface area (Å²) < 4.78 is 7.70. The molecule has 2 aromatic rings. The molecule has 6 heteroatoms. The first-order chi connectivity index (χ1) is 9.45. The molecular formula is C14H16BrN3O2. The highest BCUT2D eigenvalue weighted by Gasteiger charge is 2.23. The standard InChI is InChI=1S/C14H16BrN3O2/c1-8(2)18-13(12(20-3)7-17-18)14(19)10-5-4-9(15)6-11(10)16/h4-8H,16H2,1-3H3. The van der Waals surface area contributed by atoms with Gasteiger partial charge in [-0.2, -0.15) is 5.10 Å². The predicted molar refractivity (Wildman–Crippen MR) is 81.2 cm³/mol. The Balaban J connectivity index is 2.55. The number of nitrogens with zero attached hydrogens (tertiary/aromatic N) is 2. The SMILES string of the molecule is COc1cnn(C(C)C)c1C(=O)c1ccc(Br)cc1N. The highest BCUT2D eigenvalue weighted by Crippen LogP contribution is 2.27. The maximum Gasteiger partial charge on any atom is 0.216 e. The normalized spacial score (nSPS) is 10.8. The molecule has 0 saturated heterocycles. The Bertz CT molecular complexity index is 650. The minimum Gasteiger partial charge on any atom is -0.493 e. The smallest absolute Gasteiger partial charge is 0.216 e.